The van der Waals surface area contributed by atoms with Gasteiger partial charge >= 0.3 is 0 Å². The van der Waals surface area contributed by atoms with Gasteiger partial charge in [-0.3, -0.25) is 9.56 Å². The monoisotopic (exact) mass is 256 g/mol. The molecule has 0 amide bonds. The van der Waals surface area contributed by atoms with Crippen molar-refractivity contribution in [2.45, 2.75) is 6.54 Å². The molecule has 0 N–H and O–H groups in total. The third-order valence-corrected chi connectivity index (χ3v) is 2.98. The highest BCUT2D eigenvalue weighted by Gasteiger charge is 2.13. The van der Waals surface area contributed by atoms with Crippen LogP contribution in [0.1, 0.15) is 5.56 Å². The van der Waals surface area contributed by atoms with E-state index >= 15 is 0 Å². The number of benzene rings is 1. The molecule has 4 nitrogen and oxygen atoms in total. The second-order valence-corrected chi connectivity index (χ2v) is 4.30. The molecule has 0 fully saturated rings. The summed E-state index contributed by atoms with van der Waals surface area (Å²) in [6.45, 7) is 1.43. The summed E-state index contributed by atoms with van der Waals surface area (Å²) in [6.07, 6.45) is 9.00. The van der Waals surface area contributed by atoms with E-state index in [1.165, 1.54) is 12.1 Å². The minimum absolute atomic E-state index is 0.214. The molecule has 1 aliphatic heterocycles. The topological polar surface area (TPSA) is 33.4 Å². The van der Waals surface area contributed by atoms with E-state index in [-0.39, 0.29) is 5.82 Å². The van der Waals surface area contributed by atoms with E-state index in [4.69, 9.17) is 0 Å². The number of halogens is 1. The van der Waals surface area contributed by atoms with E-state index in [0.717, 1.165) is 17.9 Å². The number of hydrogen-bond donors (Lipinski definition) is 0. The molecule has 2 aromatic rings. The Bertz CT molecular complexity index is 599. The molecule has 0 bridgehead atoms. The summed E-state index contributed by atoms with van der Waals surface area (Å²) in [7, 11) is 0. The zero-order valence-corrected chi connectivity index (χ0v) is 10.3. The average molecular weight is 256 g/mol. The molecule has 0 atom stereocenters. The Balaban J connectivity index is 1.82. The lowest BCUT2D eigenvalue weighted by molar-refractivity contribution is 0.419. The largest absolute Gasteiger partial charge is 0.347 e. The summed E-state index contributed by atoms with van der Waals surface area (Å²) in [4.78, 5) is 10.4. The molecule has 2 heterocycles. The highest BCUT2D eigenvalue weighted by Crippen LogP contribution is 2.17. The van der Waals surface area contributed by atoms with Crippen LogP contribution in [-0.4, -0.2) is 27.2 Å². The number of aromatic nitrogens is 2. The van der Waals surface area contributed by atoms with Gasteiger partial charge in [0.2, 0.25) is 0 Å². The molecule has 0 radical (unpaired) electrons. The maximum atomic E-state index is 12.9. The Hall–Kier alpha value is -2.43. The molecule has 0 saturated carbocycles. The van der Waals surface area contributed by atoms with Gasteiger partial charge in [-0.15, -0.1) is 0 Å². The van der Waals surface area contributed by atoms with Crippen LogP contribution in [0.25, 0.3) is 5.82 Å². The molecule has 5 heteroatoms. The molecule has 0 spiro atoms. The molecule has 19 heavy (non-hydrogen) atoms. The van der Waals surface area contributed by atoms with E-state index < -0.39 is 0 Å². The Labute approximate surface area is 110 Å². The summed E-state index contributed by atoms with van der Waals surface area (Å²) < 4.78 is 14.8. The Morgan fingerprint density at radius 3 is 2.79 bits per heavy atom. The zero-order valence-electron chi connectivity index (χ0n) is 10.3. The van der Waals surface area contributed by atoms with Crippen molar-refractivity contribution in [3.8, 4) is 0 Å². The number of imidazole rings is 1. The van der Waals surface area contributed by atoms with Crippen molar-refractivity contribution >= 4 is 12.0 Å². The van der Waals surface area contributed by atoms with Crippen LogP contribution in [0.4, 0.5) is 4.39 Å². The highest BCUT2D eigenvalue weighted by atomic mass is 19.1. The lowest BCUT2D eigenvalue weighted by Gasteiger charge is -2.27. The van der Waals surface area contributed by atoms with Gasteiger partial charge < -0.3 is 4.90 Å². The lowest BCUT2D eigenvalue weighted by atomic mass is 10.2. The molecule has 96 valence electrons. The van der Waals surface area contributed by atoms with Gasteiger partial charge in [0.1, 0.15) is 18.0 Å². The van der Waals surface area contributed by atoms with E-state index in [1.54, 1.807) is 30.9 Å². The van der Waals surface area contributed by atoms with Gasteiger partial charge in [-0.25, -0.2) is 9.37 Å². The van der Waals surface area contributed by atoms with Crippen LogP contribution >= 0.6 is 0 Å². The van der Waals surface area contributed by atoms with Crippen LogP contribution in [0.15, 0.2) is 54.2 Å². The Morgan fingerprint density at radius 2 is 2.05 bits per heavy atom. The summed E-state index contributed by atoms with van der Waals surface area (Å²) in [5, 5.41) is 0. The van der Waals surface area contributed by atoms with Crippen molar-refractivity contribution < 1.29 is 4.39 Å². The summed E-state index contributed by atoms with van der Waals surface area (Å²) in [5.74, 6) is 0.749. The fourth-order valence-corrected chi connectivity index (χ4v) is 2.02. The van der Waals surface area contributed by atoms with E-state index in [0.29, 0.717) is 6.54 Å². The van der Waals surface area contributed by atoms with Gasteiger partial charge in [-0.2, -0.15) is 0 Å². The van der Waals surface area contributed by atoms with Gasteiger partial charge in [0.25, 0.3) is 0 Å². The first-order chi connectivity index (χ1) is 9.33. The maximum absolute atomic E-state index is 12.9. The molecule has 0 saturated heterocycles. The van der Waals surface area contributed by atoms with Crippen LogP contribution in [-0.2, 0) is 6.54 Å². The van der Waals surface area contributed by atoms with Gasteiger partial charge in [-0.1, -0.05) is 12.1 Å². The molecule has 1 aromatic heterocycles. The Morgan fingerprint density at radius 1 is 1.21 bits per heavy atom. The number of rotatable bonds is 3. The molecule has 0 aliphatic carbocycles. The first-order valence-corrected chi connectivity index (χ1v) is 6.02. The smallest absolute Gasteiger partial charge is 0.133 e. The first kappa shape index (κ1) is 11.6. The third-order valence-electron chi connectivity index (χ3n) is 2.98. The van der Waals surface area contributed by atoms with Gasteiger partial charge in [0, 0.05) is 25.2 Å². The second kappa shape index (κ2) is 5.06. The molecular weight excluding hydrogens is 243 g/mol. The average Bonchev–Trinajstić information content (AvgIpc) is 2.96. The number of hydrogen-bond acceptors (Lipinski definition) is 3. The first-order valence-electron chi connectivity index (χ1n) is 6.02. The molecule has 3 rings (SSSR count). The predicted molar refractivity (Wildman–Crippen MR) is 71.8 cm³/mol. The van der Waals surface area contributed by atoms with Crippen LogP contribution in [0, 0.1) is 5.82 Å². The van der Waals surface area contributed by atoms with Crippen LogP contribution in [0.2, 0.25) is 0 Å². The van der Waals surface area contributed by atoms with Crippen molar-refractivity contribution in [1.29, 1.82) is 0 Å². The van der Waals surface area contributed by atoms with Crippen molar-refractivity contribution in [3.63, 3.8) is 0 Å². The predicted octanol–water partition coefficient (Wildman–Crippen LogP) is 2.36. The molecule has 0 unspecified atom stereocenters. The van der Waals surface area contributed by atoms with Crippen molar-refractivity contribution in [2.24, 2.45) is 4.99 Å². The molecule has 1 aliphatic rings. The third kappa shape index (κ3) is 2.54. The van der Waals surface area contributed by atoms with Gasteiger partial charge in [0.05, 0.1) is 12.7 Å². The highest BCUT2D eigenvalue weighted by molar-refractivity contribution is 5.67. The molecular formula is C14H13FN4. The van der Waals surface area contributed by atoms with E-state index in [2.05, 4.69) is 14.9 Å². The minimum atomic E-state index is -0.214. The van der Waals surface area contributed by atoms with E-state index in [1.807, 2.05) is 17.0 Å². The summed E-state index contributed by atoms with van der Waals surface area (Å²) >= 11 is 0. The molecule has 1 aromatic carbocycles. The maximum Gasteiger partial charge on any atom is 0.133 e. The van der Waals surface area contributed by atoms with E-state index in [9.17, 15) is 4.39 Å². The number of nitrogens with zero attached hydrogens (tertiary/aromatic N) is 4. The zero-order chi connectivity index (χ0) is 13.1. The summed E-state index contributed by atoms with van der Waals surface area (Å²) in [6, 6.07) is 6.56. The van der Waals surface area contributed by atoms with Crippen molar-refractivity contribution in [2.75, 3.05) is 6.54 Å². The standard InChI is InChI=1S/C14H13FN4/c15-13-3-1-12(2-4-13)10-18-7-5-16-9-14(18)19-8-6-17-11-19/h1-6,8-9,11H,7,10H2. The fraction of sp³-hybridized carbons (Fsp3) is 0.143. The summed E-state index contributed by atoms with van der Waals surface area (Å²) in [5.41, 5.74) is 1.06. The quantitative estimate of drug-likeness (QED) is 0.844. The minimum Gasteiger partial charge on any atom is -0.347 e. The van der Waals surface area contributed by atoms with Crippen molar-refractivity contribution in [1.82, 2.24) is 14.5 Å². The van der Waals surface area contributed by atoms with Gasteiger partial charge in [0.15, 0.2) is 0 Å². The fourth-order valence-electron chi connectivity index (χ4n) is 2.02. The van der Waals surface area contributed by atoms with Crippen LogP contribution in [0.5, 0.6) is 0 Å². The second-order valence-electron chi connectivity index (χ2n) is 4.30. The number of aliphatic imine (C=N–C) groups is 1. The normalized spacial score (nSPS) is 14.6. The lowest BCUT2D eigenvalue weighted by Crippen LogP contribution is -2.28. The van der Waals surface area contributed by atoms with Crippen molar-refractivity contribution in [3.05, 3.63) is 60.6 Å². The van der Waals surface area contributed by atoms with Crippen LogP contribution in [0.3, 0.4) is 0 Å². The SMILES string of the molecule is Fc1ccc(CN2CC=NC=C2n2ccnc2)cc1. The Kier molecular flexibility index (Phi) is 3.10. The van der Waals surface area contributed by atoms with Crippen LogP contribution < -0.4 is 0 Å². The van der Waals surface area contributed by atoms with Gasteiger partial charge in [-0.05, 0) is 17.7 Å².